The number of carbonyl (C=O) groups is 1. The van der Waals surface area contributed by atoms with Gasteiger partial charge in [0.15, 0.2) is 0 Å². The smallest absolute Gasteiger partial charge is 0.309 e. The van der Waals surface area contributed by atoms with Crippen LogP contribution in [-0.2, 0) is 15.1 Å². The van der Waals surface area contributed by atoms with E-state index in [0.717, 1.165) is 12.0 Å². The first kappa shape index (κ1) is 12.8. The maximum Gasteiger partial charge on any atom is 0.309 e. The molecule has 1 aromatic carbocycles. The van der Waals surface area contributed by atoms with Crippen LogP contribution < -0.4 is 0 Å². The number of benzene rings is 1. The molecule has 2 heteroatoms. The molecule has 0 radical (unpaired) electrons. The zero-order valence-electron chi connectivity index (χ0n) is 10.5. The van der Waals surface area contributed by atoms with Gasteiger partial charge in [-0.2, -0.15) is 0 Å². The van der Waals surface area contributed by atoms with E-state index >= 15 is 0 Å². The molecule has 1 aromatic rings. The minimum absolute atomic E-state index is 0.0883. The molecular formula is C14H20O2. The van der Waals surface area contributed by atoms with Gasteiger partial charge in [-0.15, -0.1) is 0 Å². The Bertz CT molecular complexity index is 343. The Kier molecular flexibility index (Phi) is 4.11. The van der Waals surface area contributed by atoms with E-state index in [-0.39, 0.29) is 11.9 Å². The van der Waals surface area contributed by atoms with Crippen molar-refractivity contribution < 1.29 is 9.53 Å². The van der Waals surface area contributed by atoms with E-state index in [2.05, 4.69) is 0 Å². The van der Waals surface area contributed by atoms with Crippen LogP contribution in [0.3, 0.4) is 0 Å². The topological polar surface area (TPSA) is 26.3 Å². The summed E-state index contributed by atoms with van der Waals surface area (Å²) in [4.78, 5) is 11.7. The Morgan fingerprint density at radius 1 is 1.31 bits per heavy atom. The van der Waals surface area contributed by atoms with Crippen LogP contribution >= 0.6 is 0 Å². The zero-order chi connectivity index (χ0) is 12.2. The van der Waals surface area contributed by atoms with Gasteiger partial charge in [0.1, 0.15) is 5.60 Å². The van der Waals surface area contributed by atoms with Gasteiger partial charge in [-0.25, -0.2) is 0 Å². The fourth-order valence-corrected chi connectivity index (χ4v) is 1.47. The molecule has 0 amide bonds. The molecule has 1 unspecified atom stereocenters. The lowest BCUT2D eigenvalue weighted by molar-refractivity contribution is -0.163. The van der Waals surface area contributed by atoms with Crippen molar-refractivity contribution in [2.24, 2.45) is 5.92 Å². The number of carbonyl (C=O) groups excluding carboxylic acids is 1. The second-order valence-electron chi connectivity index (χ2n) is 4.53. The summed E-state index contributed by atoms with van der Waals surface area (Å²) in [5, 5.41) is 0. The maximum absolute atomic E-state index is 11.7. The molecular weight excluding hydrogens is 200 g/mol. The van der Waals surface area contributed by atoms with Crippen LogP contribution in [-0.4, -0.2) is 5.97 Å². The fraction of sp³-hybridized carbons (Fsp3) is 0.500. The van der Waals surface area contributed by atoms with E-state index in [0.29, 0.717) is 0 Å². The van der Waals surface area contributed by atoms with Crippen molar-refractivity contribution in [2.75, 3.05) is 0 Å². The monoisotopic (exact) mass is 220 g/mol. The Labute approximate surface area is 97.6 Å². The molecule has 0 bridgehead atoms. The highest BCUT2D eigenvalue weighted by molar-refractivity contribution is 5.72. The second kappa shape index (κ2) is 5.15. The SMILES string of the molecule is CCC(C)(OC(=O)C(C)C)c1ccccc1. The summed E-state index contributed by atoms with van der Waals surface area (Å²) >= 11 is 0. The maximum atomic E-state index is 11.7. The molecule has 88 valence electrons. The Balaban J connectivity index is 2.90. The van der Waals surface area contributed by atoms with Crippen LogP contribution in [0.5, 0.6) is 0 Å². The van der Waals surface area contributed by atoms with Gasteiger partial charge in [0.05, 0.1) is 5.92 Å². The van der Waals surface area contributed by atoms with E-state index in [4.69, 9.17) is 4.74 Å². The molecule has 0 saturated carbocycles. The lowest BCUT2D eigenvalue weighted by atomic mass is 9.93. The van der Waals surface area contributed by atoms with Gasteiger partial charge in [-0.05, 0) is 18.9 Å². The van der Waals surface area contributed by atoms with E-state index in [1.807, 2.05) is 58.0 Å². The van der Waals surface area contributed by atoms with Crippen LogP contribution in [0.1, 0.15) is 39.7 Å². The highest BCUT2D eigenvalue weighted by atomic mass is 16.6. The lowest BCUT2D eigenvalue weighted by Gasteiger charge is -2.29. The highest BCUT2D eigenvalue weighted by Crippen LogP contribution is 2.29. The number of hydrogen-bond acceptors (Lipinski definition) is 2. The fourth-order valence-electron chi connectivity index (χ4n) is 1.47. The molecule has 0 aromatic heterocycles. The first-order chi connectivity index (χ1) is 7.49. The van der Waals surface area contributed by atoms with Gasteiger partial charge in [-0.1, -0.05) is 51.1 Å². The molecule has 1 atom stereocenters. The summed E-state index contributed by atoms with van der Waals surface area (Å²) in [5.74, 6) is -0.234. The quantitative estimate of drug-likeness (QED) is 0.726. The highest BCUT2D eigenvalue weighted by Gasteiger charge is 2.29. The van der Waals surface area contributed by atoms with Gasteiger partial charge >= 0.3 is 5.97 Å². The lowest BCUT2D eigenvalue weighted by Crippen LogP contribution is -2.30. The van der Waals surface area contributed by atoms with E-state index in [9.17, 15) is 4.79 Å². The summed E-state index contributed by atoms with van der Waals surface area (Å²) in [6.07, 6.45) is 0.773. The number of ether oxygens (including phenoxy) is 1. The molecule has 0 aliphatic heterocycles. The van der Waals surface area contributed by atoms with Crippen LogP contribution in [0.4, 0.5) is 0 Å². The third-order valence-electron chi connectivity index (χ3n) is 2.86. The largest absolute Gasteiger partial charge is 0.454 e. The zero-order valence-corrected chi connectivity index (χ0v) is 10.5. The molecule has 2 nitrogen and oxygen atoms in total. The van der Waals surface area contributed by atoms with Gasteiger partial charge in [0, 0.05) is 0 Å². The van der Waals surface area contributed by atoms with E-state index in [1.165, 1.54) is 0 Å². The van der Waals surface area contributed by atoms with Crippen molar-refractivity contribution in [3.63, 3.8) is 0 Å². The van der Waals surface area contributed by atoms with Crippen molar-refractivity contribution in [2.45, 2.75) is 39.7 Å². The molecule has 1 rings (SSSR count). The summed E-state index contributed by atoms with van der Waals surface area (Å²) in [6.45, 7) is 7.69. The average molecular weight is 220 g/mol. The second-order valence-corrected chi connectivity index (χ2v) is 4.53. The molecule has 0 spiro atoms. The molecule has 0 heterocycles. The minimum Gasteiger partial charge on any atom is -0.454 e. The van der Waals surface area contributed by atoms with Gasteiger partial charge in [0.25, 0.3) is 0 Å². The normalized spacial score (nSPS) is 14.6. The molecule has 0 fully saturated rings. The summed E-state index contributed by atoms with van der Waals surface area (Å²) < 4.78 is 5.60. The van der Waals surface area contributed by atoms with Gasteiger partial charge in [0.2, 0.25) is 0 Å². The predicted octanol–water partition coefficient (Wildman–Crippen LogP) is 3.51. The van der Waals surface area contributed by atoms with Gasteiger partial charge in [-0.3, -0.25) is 4.79 Å². The van der Waals surface area contributed by atoms with Crippen molar-refractivity contribution in [1.82, 2.24) is 0 Å². The summed E-state index contributed by atoms with van der Waals surface area (Å²) in [6, 6.07) is 9.89. The van der Waals surface area contributed by atoms with E-state index < -0.39 is 5.60 Å². The molecule has 0 aliphatic rings. The standard InChI is InChI=1S/C14H20O2/c1-5-14(4,16-13(15)11(2)3)12-9-7-6-8-10-12/h6-11H,5H2,1-4H3. The van der Waals surface area contributed by atoms with E-state index in [1.54, 1.807) is 0 Å². The van der Waals surface area contributed by atoms with Crippen molar-refractivity contribution in [3.05, 3.63) is 35.9 Å². The van der Waals surface area contributed by atoms with Crippen LogP contribution in [0.2, 0.25) is 0 Å². The number of hydrogen-bond donors (Lipinski definition) is 0. The Morgan fingerprint density at radius 3 is 2.31 bits per heavy atom. The van der Waals surface area contributed by atoms with Crippen molar-refractivity contribution in [3.8, 4) is 0 Å². The number of esters is 1. The minimum atomic E-state index is -0.511. The summed E-state index contributed by atoms with van der Waals surface area (Å²) in [5.41, 5.74) is 0.536. The Morgan fingerprint density at radius 2 is 1.88 bits per heavy atom. The predicted molar refractivity (Wildman–Crippen MR) is 65.0 cm³/mol. The van der Waals surface area contributed by atoms with Crippen LogP contribution in [0.25, 0.3) is 0 Å². The first-order valence-electron chi connectivity index (χ1n) is 5.78. The molecule has 16 heavy (non-hydrogen) atoms. The average Bonchev–Trinajstić information content (AvgIpc) is 2.29. The third kappa shape index (κ3) is 2.84. The number of rotatable bonds is 4. The molecule has 0 aliphatic carbocycles. The molecule has 0 saturated heterocycles. The molecule has 0 N–H and O–H groups in total. The third-order valence-corrected chi connectivity index (χ3v) is 2.86. The first-order valence-corrected chi connectivity index (χ1v) is 5.78. The van der Waals surface area contributed by atoms with Crippen LogP contribution in [0, 0.1) is 5.92 Å². The van der Waals surface area contributed by atoms with Crippen molar-refractivity contribution in [1.29, 1.82) is 0 Å². The van der Waals surface area contributed by atoms with Gasteiger partial charge < -0.3 is 4.74 Å². The van der Waals surface area contributed by atoms with Crippen LogP contribution in [0.15, 0.2) is 30.3 Å². The van der Waals surface area contributed by atoms with Crippen molar-refractivity contribution >= 4 is 5.97 Å². The Hall–Kier alpha value is -1.31. The summed E-state index contributed by atoms with van der Waals surface area (Å²) in [7, 11) is 0.